The lowest BCUT2D eigenvalue weighted by Gasteiger charge is -2.32. The summed E-state index contributed by atoms with van der Waals surface area (Å²) in [4.78, 5) is 0. The molecule has 234 valence electrons. The quantitative estimate of drug-likeness (QED) is 0.130. The molecule has 6 aromatic rings. The first-order valence-corrected chi connectivity index (χ1v) is 17.3. The molecule has 0 aliphatic rings. The van der Waals surface area contributed by atoms with E-state index in [2.05, 4.69) is 167 Å². The predicted molar refractivity (Wildman–Crippen MR) is 200 cm³/mol. The zero-order chi connectivity index (χ0) is 32.3. The maximum atomic E-state index is 2.49. The molecule has 0 N–H and O–H groups in total. The van der Waals surface area contributed by atoms with Gasteiger partial charge in [-0.05, 0) is 95.0 Å². The summed E-state index contributed by atoms with van der Waals surface area (Å²) in [6.45, 7) is 14.1. The summed E-state index contributed by atoms with van der Waals surface area (Å²) >= 11 is 0. The van der Waals surface area contributed by atoms with E-state index in [-0.39, 0.29) is 5.41 Å². The minimum atomic E-state index is -0.125. The molecule has 1 unspecified atom stereocenters. The first-order valence-electron chi connectivity index (χ1n) is 17.3. The largest absolute Gasteiger partial charge is 0.309 e. The maximum absolute atomic E-state index is 2.49. The minimum Gasteiger partial charge on any atom is -0.309 e. The molecule has 1 nitrogen and oxygen atoms in total. The summed E-state index contributed by atoms with van der Waals surface area (Å²) in [5.74, 6) is 0.540. The van der Waals surface area contributed by atoms with Gasteiger partial charge in [0.2, 0.25) is 0 Å². The molecule has 6 rings (SSSR count). The Labute approximate surface area is 276 Å². The predicted octanol–water partition coefficient (Wildman–Crippen LogP) is 12.9. The Morgan fingerprint density at radius 1 is 0.696 bits per heavy atom. The molecule has 0 spiro atoms. The Bertz CT molecular complexity index is 1970. The highest BCUT2D eigenvalue weighted by Gasteiger charge is 2.29. The fourth-order valence-electron chi connectivity index (χ4n) is 7.56. The van der Waals surface area contributed by atoms with Gasteiger partial charge >= 0.3 is 0 Å². The van der Waals surface area contributed by atoms with E-state index in [4.69, 9.17) is 0 Å². The number of benzene rings is 5. The highest BCUT2D eigenvalue weighted by Crippen LogP contribution is 2.42. The fraction of sp³-hybridized carbons (Fsp3) is 0.289. The van der Waals surface area contributed by atoms with Crippen molar-refractivity contribution in [3.8, 4) is 5.69 Å². The molecule has 0 radical (unpaired) electrons. The number of para-hydroxylation sites is 1. The number of allylic oxidation sites excluding steroid dienone is 1. The molecule has 0 aliphatic carbocycles. The zero-order valence-corrected chi connectivity index (χ0v) is 28.6. The van der Waals surface area contributed by atoms with Gasteiger partial charge in [0.05, 0.1) is 11.0 Å². The molecule has 1 heteroatoms. The van der Waals surface area contributed by atoms with Crippen molar-refractivity contribution in [2.75, 3.05) is 0 Å². The van der Waals surface area contributed by atoms with Crippen LogP contribution in [0.15, 0.2) is 121 Å². The summed E-state index contributed by atoms with van der Waals surface area (Å²) in [6, 6.07) is 43.0. The molecule has 1 atom stereocenters. The third-order valence-electron chi connectivity index (χ3n) is 10.0. The molecule has 5 aromatic carbocycles. The van der Waals surface area contributed by atoms with Crippen LogP contribution in [0.3, 0.4) is 0 Å². The van der Waals surface area contributed by atoms with Crippen LogP contribution in [-0.4, -0.2) is 4.57 Å². The second kappa shape index (κ2) is 13.6. The molecular formula is C45H49N. The lowest BCUT2D eigenvalue weighted by Crippen LogP contribution is -2.23. The molecule has 0 aliphatic heterocycles. The van der Waals surface area contributed by atoms with Crippen molar-refractivity contribution in [3.63, 3.8) is 0 Å². The van der Waals surface area contributed by atoms with Crippen LogP contribution >= 0.6 is 0 Å². The van der Waals surface area contributed by atoms with Gasteiger partial charge in [0.1, 0.15) is 0 Å². The van der Waals surface area contributed by atoms with Crippen molar-refractivity contribution in [2.45, 2.75) is 85.0 Å². The molecular weight excluding hydrogens is 555 g/mol. The highest BCUT2D eigenvalue weighted by molar-refractivity contribution is 6.09. The third kappa shape index (κ3) is 5.96. The number of fused-ring (bicyclic) bond motifs is 3. The van der Waals surface area contributed by atoms with Gasteiger partial charge in [0.25, 0.3) is 0 Å². The van der Waals surface area contributed by atoms with Gasteiger partial charge in [0, 0.05) is 21.9 Å². The summed E-state index contributed by atoms with van der Waals surface area (Å²) < 4.78 is 2.46. The number of nitrogens with zero attached hydrogens (tertiary/aromatic N) is 1. The summed E-state index contributed by atoms with van der Waals surface area (Å²) in [5.41, 5.74) is 13.1. The second-order valence-corrected chi connectivity index (χ2v) is 13.6. The smallest absolute Gasteiger partial charge is 0.0543 e. The number of hydrogen-bond acceptors (Lipinski definition) is 0. The van der Waals surface area contributed by atoms with Gasteiger partial charge in [-0.1, -0.05) is 145 Å². The molecule has 0 fully saturated rings. The van der Waals surface area contributed by atoms with E-state index in [1.807, 2.05) is 0 Å². The van der Waals surface area contributed by atoms with Crippen LogP contribution < -0.4 is 0 Å². The molecule has 0 bridgehead atoms. The van der Waals surface area contributed by atoms with Gasteiger partial charge < -0.3 is 4.57 Å². The normalized spacial score (nSPS) is 13.0. The average Bonchev–Trinajstić information content (AvgIpc) is 3.40. The number of aromatic nitrogens is 1. The van der Waals surface area contributed by atoms with E-state index in [9.17, 15) is 0 Å². The van der Waals surface area contributed by atoms with E-state index >= 15 is 0 Å². The van der Waals surface area contributed by atoms with Crippen LogP contribution in [0.1, 0.15) is 106 Å². The molecule has 0 amide bonds. The molecule has 46 heavy (non-hydrogen) atoms. The van der Waals surface area contributed by atoms with Crippen LogP contribution in [0.25, 0.3) is 33.1 Å². The van der Waals surface area contributed by atoms with Crippen LogP contribution in [0.4, 0.5) is 0 Å². The summed E-state index contributed by atoms with van der Waals surface area (Å²) in [6.07, 6.45) is 8.33. The average molecular weight is 604 g/mol. The molecule has 1 aromatic heterocycles. The first-order chi connectivity index (χ1) is 22.3. The number of unbranched alkanes of at least 4 members (excludes halogenated alkanes) is 2. The van der Waals surface area contributed by atoms with Crippen LogP contribution in [-0.2, 0) is 5.41 Å². The minimum absolute atomic E-state index is 0.125. The Kier molecular flexibility index (Phi) is 9.32. The Hall–Kier alpha value is -4.36. The maximum Gasteiger partial charge on any atom is 0.0543 e. The fourth-order valence-corrected chi connectivity index (χ4v) is 7.56. The Balaban J connectivity index is 1.47. The van der Waals surface area contributed by atoms with Crippen LogP contribution in [0.2, 0.25) is 0 Å². The van der Waals surface area contributed by atoms with E-state index < -0.39 is 0 Å². The molecule has 0 saturated carbocycles. The Morgan fingerprint density at radius 2 is 1.37 bits per heavy atom. The molecule has 0 saturated heterocycles. The number of aryl methyl sites for hydroxylation is 1. The van der Waals surface area contributed by atoms with Gasteiger partial charge in [-0.25, -0.2) is 0 Å². The monoisotopic (exact) mass is 603 g/mol. The van der Waals surface area contributed by atoms with Crippen molar-refractivity contribution < 1.29 is 0 Å². The van der Waals surface area contributed by atoms with Crippen molar-refractivity contribution >= 4 is 27.4 Å². The van der Waals surface area contributed by atoms with Gasteiger partial charge in [-0.3, -0.25) is 0 Å². The second-order valence-electron chi connectivity index (χ2n) is 13.6. The summed E-state index contributed by atoms with van der Waals surface area (Å²) in [5, 5.41) is 2.62. The third-order valence-corrected chi connectivity index (χ3v) is 10.0. The highest BCUT2D eigenvalue weighted by atomic mass is 15.0. The van der Waals surface area contributed by atoms with Gasteiger partial charge in [0.15, 0.2) is 0 Å². The SMILES string of the molecule is CCCC/C=C(\c1ccccc1)c1ccc(-n2c3ccccc3c3cc(C(C)(C)c4ccccc4C(C)CCC)c(C)cc32)cc1. The first kappa shape index (κ1) is 31.6. The van der Waals surface area contributed by atoms with Gasteiger partial charge in [-0.2, -0.15) is 0 Å². The Morgan fingerprint density at radius 3 is 2.11 bits per heavy atom. The zero-order valence-electron chi connectivity index (χ0n) is 28.6. The van der Waals surface area contributed by atoms with Crippen LogP contribution in [0.5, 0.6) is 0 Å². The van der Waals surface area contributed by atoms with Gasteiger partial charge in [-0.15, -0.1) is 0 Å². The van der Waals surface area contributed by atoms with Crippen molar-refractivity contribution in [2.24, 2.45) is 0 Å². The lowest BCUT2D eigenvalue weighted by atomic mass is 9.72. The standard InChI is InChI=1S/C45H49N/c1-7-9-11-22-38(34-19-12-10-13-20-34)35-26-28-36(29-27-35)46-43-25-17-15-23-39(43)40-31-42(33(4)30-44(40)46)45(5,6)41-24-16-14-21-37(41)32(3)18-8-2/h10,12-17,19-32H,7-9,11,18H2,1-6H3/b38-22+. The lowest BCUT2D eigenvalue weighted by molar-refractivity contribution is 0.596. The van der Waals surface area contributed by atoms with E-state index in [1.54, 1.807) is 0 Å². The van der Waals surface area contributed by atoms with E-state index in [0.29, 0.717) is 5.92 Å². The van der Waals surface area contributed by atoms with E-state index in [1.165, 1.54) is 92.1 Å². The van der Waals surface area contributed by atoms with Crippen molar-refractivity contribution in [1.29, 1.82) is 0 Å². The van der Waals surface area contributed by atoms with Crippen LogP contribution in [0, 0.1) is 6.92 Å². The number of rotatable bonds is 11. The van der Waals surface area contributed by atoms with Crippen molar-refractivity contribution in [3.05, 3.63) is 155 Å². The topological polar surface area (TPSA) is 4.93 Å². The summed E-state index contributed by atoms with van der Waals surface area (Å²) in [7, 11) is 0. The van der Waals surface area contributed by atoms with Crippen molar-refractivity contribution in [1.82, 2.24) is 4.57 Å². The molecule has 1 heterocycles. The van der Waals surface area contributed by atoms with E-state index in [0.717, 1.165) is 6.42 Å². The number of hydrogen-bond donors (Lipinski definition) is 0.